The van der Waals surface area contributed by atoms with Gasteiger partial charge in [-0.25, -0.2) is 9.79 Å². The van der Waals surface area contributed by atoms with E-state index in [2.05, 4.69) is 4.99 Å². The molecule has 0 radical (unpaired) electrons. The summed E-state index contributed by atoms with van der Waals surface area (Å²) in [5, 5.41) is 0. The molecule has 1 atom stereocenters. The summed E-state index contributed by atoms with van der Waals surface area (Å²) in [4.78, 5) is 30.3. The van der Waals surface area contributed by atoms with Crippen molar-refractivity contribution in [2.24, 2.45) is 4.99 Å². The van der Waals surface area contributed by atoms with Crippen molar-refractivity contribution in [1.29, 1.82) is 0 Å². The van der Waals surface area contributed by atoms with Crippen LogP contribution >= 0.6 is 0 Å². The maximum atomic E-state index is 12.3. The maximum Gasteiger partial charge on any atom is 0.363 e. The Balaban J connectivity index is 1.88. The molecule has 3 rings (SSSR count). The zero-order valence-corrected chi connectivity index (χ0v) is 18.3. The highest BCUT2D eigenvalue weighted by atomic mass is 16.6. The molecule has 0 aromatic heterocycles. The van der Waals surface area contributed by atoms with Crippen LogP contribution in [0.2, 0.25) is 0 Å². The van der Waals surface area contributed by atoms with Gasteiger partial charge in [-0.05, 0) is 56.2 Å². The van der Waals surface area contributed by atoms with Crippen molar-refractivity contribution in [2.75, 3.05) is 20.7 Å². The molecule has 0 bridgehead atoms. The van der Waals surface area contributed by atoms with Crippen LogP contribution in [-0.2, 0) is 14.3 Å². The predicted molar refractivity (Wildman–Crippen MR) is 118 cm³/mol. The number of nitrogens with zero attached hydrogens (tertiary/aromatic N) is 2. The van der Waals surface area contributed by atoms with E-state index in [4.69, 9.17) is 14.2 Å². The van der Waals surface area contributed by atoms with Gasteiger partial charge in [-0.15, -0.1) is 0 Å². The summed E-state index contributed by atoms with van der Waals surface area (Å²) in [6, 6.07) is 12.8. The molecule has 2 aromatic carbocycles. The molecule has 1 aliphatic heterocycles. The number of benzene rings is 2. The van der Waals surface area contributed by atoms with Crippen molar-refractivity contribution in [3.63, 3.8) is 0 Å². The molecule has 162 valence electrons. The van der Waals surface area contributed by atoms with E-state index < -0.39 is 12.1 Å². The van der Waals surface area contributed by atoms with Crippen molar-refractivity contribution in [3.8, 4) is 11.5 Å². The van der Waals surface area contributed by atoms with Gasteiger partial charge in [-0.2, -0.15) is 0 Å². The molecule has 1 aliphatic rings. The number of cyclic esters (lactones) is 1. The highest BCUT2D eigenvalue weighted by Crippen LogP contribution is 2.31. The lowest BCUT2D eigenvalue weighted by Crippen LogP contribution is -2.35. The molecule has 0 saturated carbocycles. The zero-order chi connectivity index (χ0) is 22.5. The molecular formula is C24H26N2O5. The van der Waals surface area contributed by atoms with E-state index in [1.807, 2.05) is 38.1 Å². The molecule has 0 spiro atoms. The first-order valence-corrected chi connectivity index (χ1v) is 10.0. The Bertz CT molecular complexity index is 1060. The Morgan fingerprint density at radius 1 is 1.19 bits per heavy atom. The second-order valence-electron chi connectivity index (χ2n) is 7.28. The van der Waals surface area contributed by atoms with Gasteiger partial charge in [0.25, 0.3) is 5.91 Å². The molecule has 1 heterocycles. The number of aryl methyl sites for hydroxylation is 1. The van der Waals surface area contributed by atoms with E-state index in [1.54, 1.807) is 45.3 Å². The number of carbonyl (C=O) groups excluding carboxylic acids is 2. The minimum Gasteiger partial charge on any atom is -0.490 e. The van der Waals surface area contributed by atoms with Crippen LogP contribution in [0.3, 0.4) is 0 Å². The average Bonchev–Trinajstić information content (AvgIpc) is 3.09. The highest BCUT2D eigenvalue weighted by Gasteiger charge is 2.25. The topological polar surface area (TPSA) is 77.4 Å². The van der Waals surface area contributed by atoms with Crippen LogP contribution in [0.4, 0.5) is 0 Å². The quantitative estimate of drug-likeness (QED) is 0.503. The maximum absolute atomic E-state index is 12.3. The minimum atomic E-state index is -0.663. The second-order valence-corrected chi connectivity index (χ2v) is 7.28. The number of aliphatic imine (C=N–C) groups is 1. The average molecular weight is 422 g/mol. The van der Waals surface area contributed by atoms with Crippen LogP contribution in [0.1, 0.15) is 30.5 Å². The Morgan fingerprint density at radius 2 is 1.94 bits per heavy atom. The van der Waals surface area contributed by atoms with E-state index in [9.17, 15) is 9.59 Å². The first-order chi connectivity index (χ1) is 14.8. The van der Waals surface area contributed by atoms with Crippen LogP contribution in [0.25, 0.3) is 6.08 Å². The summed E-state index contributed by atoms with van der Waals surface area (Å²) in [7, 11) is 3.35. The fourth-order valence-electron chi connectivity index (χ4n) is 3.08. The van der Waals surface area contributed by atoms with E-state index in [1.165, 1.54) is 4.90 Å². The predicted octanol–water partition coefficient (Wildman–Crippen LogP) is 3.59. The zero-order valence-electron chi connectivity index (χ0n) is 18.3. The summed E-state index contributed by atoms with van der Waals surface area (Å²) in [5.41, 5.74) is 2.64. The van der Waals surface area contributed by atoms with E-state index >= 15 is 0 Å². The van der Waals surface area contributed by atoms with Gasteiger partial charge in [-0.1, -0.05) is 24.3 Å². The monoisotopic (exact) mass is 422 g/mol. The van der Waals surface area contributed by atoms with Gasteiger partial charge in [0, 0.05) is 19.7 Å². The standard InChI is InChI=1S/C24H26N2O5/c1-6-29-21-14-17(11-12-20(21)30-16(3)23(27)26(4)5)13-19-24(28)31-22(25-19)18-10-8-7-9-15(18)2/h7-14,16H,6H2,1-5H3/b19-13-/t16-/m1/s1. The van der Waals surface area contributed by atoms with Crippen molar-refractivity contribution in [2.45, 2.75) is 26.9 Å². The molecule has 7 heteroatoms. The van der Waals surface area contributed by atoms with Crippen molar-refractivity contribution in [1.82, 2.24) is 4.90 Å². The van der Waals surface area contributed by atoms with Crippen LogP contribution in [0, 0.1) is 6.92 Å². The van der Waals surface area contributed by atoms with Gasteiger partial charge in [0.2, 0.25) is 5.90 Å². The molecule has 0 fully saturated rings. The number of likely N-dealkylation sites (N-methyl/N-ethyl adjacent to an activating group) is 1. The Kier molecular flexibility index (Phi) is 6.74. The molecule has 31 heavy (non-hydrogen) atoms. The number of esters is 1. The van der Waals surface area contributed by atoms with Crippen molar-refractivity contribution >= 4 is 23.9 Å². The van der Waals surface area contributed by atoms with Crippen LogP contribution in [0.15, 0.2) is 53.2 Å². The number of rotatable bonds is 7. The molecule has 2 aromatic rings. The molecule has 7 nitrogen and oxygen atoms in total. The molecule has 1 amide bonds. The third-order valence-electron chi connectivity index (χ3n) is 4.66. The van der Waals surface area contributed by atoms with Gasteiger partial charge >= 0.3 is 5.97 Å². The smallest absolute Gasteiger partial charge is 0.363 e. The van der Waals surface area contributed by atoms with E-state index in [0.29, 0.717) is 23.7 Å². The minimum absolute atomic E-state index is 0.152. The Hall–Kier alpha value is -3.61. The van der Waals surface area contributed by atoms with Gasteiger partial charge in [0.15, 0.2) is 23.3 Å². The van der Waals surface area contributed by atoms with E-state index in [-0.39, 0.29) is 17.5 Å². The van der Waals surface area contributed by atoms with Gasteiger partial charge in [0.1, 0.15) is 0 Å². The first kappa shape index (κ1) is 22.1. The van der Waals surface area contributed by atoms with Crippen LogP contribution in [0.5, 0.6) is 11.5 Å². The lowest BCUT2D eigenvalue weighted by molar-refractivity contribution is -0.135. The molecule has 0 aliphatic carbocycles. The number of ether oxygens (including phenoxy) is 3. The van der Waals surface area contributed by atoms with Crippen molar-refractivity contribution in [3.05, 3.63) is 64.9 Å². The fraction of sp³-hybridized carbons (Fsp3) is 0.292. The van der Waals surface area contributed by atoms with Gasteiger partial charge in [-0.3, -0.25) is 4.79 Å². The van der Waals surface area contributed by atoms with Crippen LogP contribution < -0.4 is 9.47 Å². The number of carbonyl (C=O) groups is 2. The number of hydrogen-bond donors (Lipinski definition) is 0. The Morgan fingerprint density at radius 3 is 2.61 bits per heavy atom. The normalized spacial score (nSPS) is 15.3. The fourth-order valence-corrected chi connectivity index (χ4v) is 3.08. The number of amides is 1. The highest BCUT2D eigenvalue weighted by molar-refractivity contribution is 6.13. The second kappa shape index (κ2) is 9.47. The lowest BCUT2D eigenvalue weighted by atomic mass is 10.1. The summed E-state index contributed by atoms with van der Waals surface area (Å²) >= 11 is 0. The third-order valence-corrected chi connectivity index (χ3v) is 4.66. The van der Waals surface area contributed by atoms with Crippen LogP contribution in [-0.4, -0.2) is 49.5 Å². The lowest BCUT2D eigenvalue weighted by Gasteiger charge is -2.20. The molecular weight excluding hydrogens is 396 g/mol. The first-order valence-electron chi connectivity index (χ1n) is 10.0. The van der Waals surface area contributed by atoms with Gasteiger partial charge < -0.3 is 19.1 Å². The number of hydrogen-bond acceptors (Lipinski definition) is 6. The third kappa shape index (κ3) is 5.12. The molecule has 0 unspecified atom stereocenters. The summed E-state index contributed by atoms with van der Waals surface area (Å²) in [6.07, 6.45) is 0.971. The molecule has 0 saturated heterocycles. The van der Waals surface area contributed by atoms with Crippen molar-refractivity contribution < 1.29 is 23.8 Å². The van der Waals surface area contributed by atoms with E-state index in [0.717, 1.165) is 11.1 Å². The summed E-state index contributed by atoms with van der Waals surface area (Å²) < 4.78 is 16.8. The Labute approximate surface area is 181 Å². The molecule has 0 N–H and O–H groups in total. The van der Waals surface area contributed by atoms with Gasteiger partial charge in [0.05, 0.1) is 6.61 Å². The summed E-state index contributed by atoms with van der Waals surface area (Å²) in [6.45, 7) is 5.90. The SMILES string of the molecule is CCOc1cc(/C=C2\N=C(c3ccccc3C)OC2=O)ccc1O[C@H](C)C(=O)N(C)C. The largest absolute Gasteiger partial charge is 0.490 e. The summed E-state index contributed by atoms with van der Waals surface area (Å²) in [5.74, 6) is 0.548.